The zero-order chi connectivity index (χ0) is 20.7. The topological polar surface area (TPSA) is 49.4 Å². The molecular formula is C23H29BrN2O2. The molecule has 2 rings (SSSR count). The Hall–Kier alpha value is -2.14. The molecule has 0 fully saturated rings. The average Bonchev–Trinajstić information content (AvgIpc) is 2.66. The predicted molar refractivity (Wildman–Crippen MR) is 117 cm³/mol. The van der Waals surface area contributed by atoms with Gasteiger partial charge >= 0.3 is 0 Å². The van der Waals surface area contributed by atoms with E-state index >= 15 is 0 Å². The first-order chi connectivity index (χ1) is 13.3. The van der Waals surface area contributed by atoms with Gasteiger partial charge in [-0.15, -0.1) is 0 Å². The fraction of sp³-hybridized carbons (Fsp3) is 0.391. The van der Waals surface area contributed by atoms with Crippen LogP contribution in [0.25, 0.3) is 0 Å². The van der Waals surface area contributed by atoms with Crippen molar-refractivity contribution in [1.82, 2.24) is 10.2 Å². The second-order valence-corrected chi connectivity index (χ2v) is 8.14. The summed E-state index contributed by atoms with van der Waals surface area (Å²) < 4.78 is 0.954. The van der Waals surface area contributed by atoms with Gasteiger partial charge < -0.3 is 10.2 Å². The second-order valence-electron chi connectivity index (χ2n) is 7.23. The van der Waals surface area contributed by atoms with Gasteiger partial charge in [0.15, 0.2) is 0 Å². The quantitative estimate of drug-likeness (QED) is 0.648. The van der Waals surface area contributed by atoms with E-state index in [-0.39, 0.29) is 18.2 Å². The van der Waals surface area contributed by atoms with Crippen molar-refractivity contribution in [2.75, 3.05) is 6.54 Å². The lowest BCUT2D eigenvalue weighted by atomic mass is 10.0. The molecular weight excluding hydrogens is 416 g/mol. The third kappa shape index (κ3) is 6.20. The monoisotopic (exact) mass is 444 g/mol. The van der Waals surface area contributed by atoms with Gasteiger partial charge in [0, 0.05) is 17.6 Å². The molecule has 0 radical (unpaired) electrons. The van der Waals surface area contributed by atoms with Crippen molar-refractivity contribution in [3.8, 4) is 0 Å². The molecule has 0 aliphatic rings. The summed E-state index contributed by atoms with van der Waals surface area (Å²) in [6.45, 7) is 8.84. The molecule has 5 heteroatoms. The summed E-state index contributed by atoms with van der Waals surface area (Å²) in [5, 5.41) is 2.91. The molecule has 0 heterocycles. The maximum absolute atomic E-state index is 13.2. The van der Waals surface area contributed by atoms with Gasteiger partial charge in [0.25, 0.3) is 0 Å². The van der Waals surface area contributed by atoms with E-state index < -0.39 is 6.04 Å². The molecule has 0 bridgehead atoms. The summed E-state index contributed by atoms with van der Waals surface area (Å²) in [5.41, 5.74) is 4.20. The van der Waals surface area contributed by atoms with Crippen LogP contribution in [-0.2, 0) is 22.6 Å². The normalized spacial score (nSPS) is 11.8. The third-order valence-electron chi connectivity index (χ3n) is 4.80. The minimum atomic E-state index is -0.539. The first-order valence-corrected chi connectivity index (χ1v) is 10.5. The molecule has 0 aromatic heterocycles. The van der Waals surface area contributed by atoms with E-state index in [1.165, 1.54) is 0 Å². The summed E-state index contributed by atoms with van der Waals surface area (Å²) >= 11 is 3.48. The van der Waals surface area contributed by atoms with Crippen LogP contribution in [0.3, 0.4) is 0 Å². The van der Waals surface area contributed by atoms with Crippen LogP contribution in [0.4, 0.5) is 0 Å². The number of hydrogen-bond donors (Lipinski definition) is 1. The van der Waals surface area contributed by atoms with E-state index in [1.54, 1.807) is 11.8 Å². The van der Waals surface area contributed by atoms with Crippen LogP contribution in [0.15, 0.2) is 46.9 Å². The van der Waals surface area contributed by atoms with E-state index in [1.807, 2.05) is 63.2 Å². The highest BCUT2D eigenvalue weighted by Crippen LogP contribution is 2.18. The Labute approximate surface area is 176 Å². The van der Waals surface area contributed by atoms with Gasteiger partial charge in [-0.2, -0.15) is 0 Å². The zero-order valence-electron chi connectivity index (χ0n) is 17.1. The van der Waals surface area contributed by atoms with E-state index in [0.29, 0.717) is 13.1 Å². The van der Waals surface area contributed by atoms with Crippen molar-refractivity contribution in [3.63, 3.8) is 0 Å². The van der Waals surface area contributed by atoms with Crippen molar-refractivity contribution < 1.29 is 9.59 Å². The Kier molecular flexibility index (Phi) is 8.24. The Morgan fingerprint density at radius 3 is 2.57 bits per heavy atom. The fourth-order valence-electron chi connectivity index (χ4n) is 3.07. The number of nitrogens with one attached hydrogen (secondary N) is 1. The van der Waals surface area contributed by atoms with Gasteiger partial charge in [0.05, 0.1) is 6.42 Å². The lowest BCUT2D eigenvalue weighted by Crippen LogP contribution is -2.48. The Morgan fingerprint density at radius 1 is 1.14 bits per heavy atom. The van der Waals surface area contributed by atoms with Gasteiger partial charge in [-0.25, -0.2) is 0 Å². The summed E-state index contributed by atoms with van der Waals surface area (Å²) in [6.07, 6.45) is 1.15. The number of carbonyl (C=O) groups is 2. The number of halogens is 1. The van der Waals surface area contributed by atoms with E-state index in [0.717, 1.165) is 33.1 Å². The number of aryl methyl sites for hydroxylation is 2. The molecule has 2 amide bonds. The molecule has 2 aromatic rings. The molecule has 0 saturated heterocycles. The van der Waals surface area contributed by atoms with E-state index in [9.17, 15) is 9.59 Å². The average molecular weight is 445 g/mol. The van der Waals surface area contributed by atoms with Gasteiger partial charge in [-0.1, -0.05) is 58.7 Å². The number of benzene rings is 2. The Bertz CT molecular complexity index is 835. The van der Waals surface area contributed by atoms with Crippen molar-refractivity contribution in [3.05, 3.63) is 69.2 Å². The van der Waals surface area contributed by atoms with Crippen LogP contribution < -0.4 is 5.32 Å². The van der Waals surface area contributed by atoms with Gasteiger partial charge in [0.1, 0.15) is 6.04 Å². The molecule has 150 valence electrons. The summed E-state index contributed by atoms with van der Waals surface area (Å²) in [4.78, 5) is 27.5. The second kappa shape index (κ2) is 10.4. The molecule has 4 nitrogen and oxygen atoms in total. The first-order valence-electron chi connectivity index (χ1n) is 9.69. The van der Waals surface area contributed by atoms with Gasteiger partial charge in [-0.05, 0) is 56.0 Å². The third-order valence-corrected chi connectivity index (χ3v) is 5.30. The van der Waals surface area contributed by atoms with Crippen LogP contribution >= 0.6 is 15.9 Å². The fourth-order valence-corrected chi connectivity index (χ4v) is 3.51. The number of carbonyl (C=O) groups excluding carboxylic acids is 2. The molecule has 0 spiro atoms. The minimum absolute atomic E-state index is 0.0483. The van der Waals surface area contributed by atoms with Crippen molar-refractivity contribution in [2.45, 2.75) is 53.1 Å². The van der Waals surface area contributed by atoms with Crippen molar-refractivity contribution in [1.29, 1.82) is 0 Å². The van der Waals surface area contributed by atoms with Crippen LogP contribution in [0.2, 0.25) is 0 Å². The molecule has 0 saturated carbocycles. The molecule has 1 atom stereocenters. The molecule has 0 aliphatic carbocycles. The number of rotatable bonds is 8. The van der Waals surface area contributed by atoms with Crippen molar-refractivity contribution >= 4 is 27.7 Å². The molecule has 2 aromatic carbocycles. The smallest absolute Gasteiger partial charge is 0.242 e. The Morgan fingerprint density at radius 2 is 1.89 bits per heavy atom. The van der Waals surface area contributed by atoms with E-state index in [4.69, 9.17) is 0 Å². The van der Waals surface area contributed by atoms with Gasteiger partial charge in [-0.3, -0.25) is 9.59 Å². The Balaban J connectivity index is 2.26. The van der Waals surface area contributed by atoms with Crippen molar-refractivity contribution in [2.24, 2.45) is 0 Å². The number of hydrogen-bond acceptors (Lipinski definition) is 2. The first kappa shape index (κ1) is 22.2. The summed E-state index contributed by atoms with van der Waals surface area (Å²) in [5.74, 6) is -0.168. The number of amides is 2. The van der Waals surface area contributed by atoms with Crippen LogP contribution in [0.5, 0.6) is 0 Å². The highest BCUT2D eigenvalue weighted by atomic mass is 79.9. The standard InChI is InChI=1S/C23H29BrN2O2/c1-5-11-25-23(28)18(4)26(15-19-7-6-8-21(24)13-19)22(27)14-20-12-16(2)9-10-17(20)3/h6-10,12-13,18H,5,11,14-15H2,1-4H3,(H,25,28). The minimum Gasteiger partial charge on any atom is -0.354 e. The molecule has 28 heavy (non-hydrogen) atoms. The maximum Gasteiger partial charge on any atom is 0.242 e. The predicted octanol–water partition coefficient (Wildman–Crippen LogP) is 4.55. The maximum atomic E-state index is 13.2. The summed E-state index contributed by atoms with van der Waals surface area (Å²) in [7, 11) is 0. The molecule has 1 N–H and O–H groups in total. The van der Waals surface area contributed by atoms with E-state index in [2.05, 4.69) is 21.2 Å². The van der Waals surface area contributed by atoms with Crippen LogP contribution in [0, 0.1) is 13.8 Å². The largest absolute Gasteiger partial charge is 0.354 e. The van der Waals surface area contributed by atoms with Gasteiger partial charge in [0.2, 0.25) is 11.8 Å². The van der Waals surface area contributed by atoms with Crippen LogP contribution in [-0.4, -0.2) is 29.3 Å². The zero-order valence-corrected chi connectivity index (χ0v) is 18.7. The number of nitrogens with zero attached hydrogens (tertiary/aromatic N) is 1. The summed E-state index contributed by atoms with van der Waals surface area (Å²) in [6, 6.07) is 13.4. The highest BCUT2D eigenvalue weighted by molar-refractivity contribution is 9.10. The lowest BCUT2D eigenvalue weighted by molar-refractivity contribution is -0.140. The SMILES string of the molecule is CCCNC(=O)C(C)N(Cc1cccc(Br)c1)C(=O)Cc1cc(C)ccc1C. The lowest BCUT2D eigenvalue weighted by Gasteiger charge is -2.29. The molecule has 1 unspecified atom stereocenters. The van der Waals surface area contributed by atoms with Crippen LogP contribution in [0.1, 0.15) is 42.5 Å². The molecule has 0 aliphatic heterocycles. The highest BCUT2D eigenvalue weighted by Gasteiger charge is 2.26.